The van der Waals surface area contributed by atoms with Crippen molar-refractivity contribution in [3.8, 4) is 22.8 Å². The van der Waals surface area contributed by atoms with Crippen LogP contribution in [0.3, 0.4) is 0 Å². The fourth-order valence-electron chi connectivity index (χ4n) is 2.30. The van der Waals surface area contributed by atoms with Crippen molar-refractivity contribution >= 4 is 22.4 Å². The average molecular weight is 368 g/mol. The van der Waals surface area contributed by atoms with Crippen LogP contribution in [0, 0.1) is 6.92 Å². The number of methoxy groups -OCH3 is 1. The molecule has 0 spiro atoms. The Bertz CT molecular complexity index is 873. The first-order valence-corrected chi connectivity index (χ1v) is 9.01. The summed E-state index contributed by atoms with van der Waals surface area (Å²) in [5.41, 5.74) is 2.95. The minimum absolute atomic E-state index is 0.0307. The van der Waals surface area contributed by atoms with Crippen LogP contribution < -0.4 is 14.4 Å². The maximum absolute atomic E-state index is 12.4. The second kappa shape index (κ2) is 8.01. The van der Waals surface area contributed by atoms with E-state index in [2.05, 4.69) is 4.98 Å². The van der Waals surface area contributed by atoms with Crippen molar-refractivity contribution in [1.29, 1.82) is 0 Å². The van der Waals surface area contributed by atoms with Gasteiger partial charge in [-0.15, -0.1) is 11.3 Å². The number of likely N-dealkylation sites (N-methyl/N-ethyl adjacent to an activating group) is 1. The van der Waals surface area contributed by atoms with Crippen molar-refractivity contribution in [2.45, 2.75) is 6.92 Å². The Morgan fingerprint density at radius 1 is 1.08 bits per heavy atom. The van der Waals surface area contributed by atoms with Gasteiger partial charge in [0.2, 0.25) is 0 Å². The SMILES string of the molecule is COc1ccc(-c2csc(N(C)C(=O)COc3ccc(C)cc3)n2)cc1. The van der Waals surface area contributed by atoms with E-state index < -0.39 is 0 Å². The Hall–Kier alpha value is -2.86. The molecule has 0 N–H and O–H groups in total. The molecule has 3 rings (SSSR count). The minimum Gasteiger partial charge on any atom is -0.497 e. The van der Waals surface area contributed by atoms with Gasteiger partial charge in [0.25, 0.3) is 5.91 Å². The smallest absolute Gasteiger partial charge is 0.266 e. The third-order valence-electron chi connectivity index (χ3n) is 3.92. The predicted octanol–water partition coefficient (Wildman–Crippen LogP) is 4.17. The summed E-state index contributed by atoms with van der Waals surface area (Å²) in [4.78, 5) is 18.4. The molecule has 134 valence electrons. The molecule has 0 aliphatic heterocycles. The standard InChI is InChI=1S/C20H20N2O3S/c1-14-4-8-17(9-5-14)25-12-19(23)22(2)20-21-18(13-26-20)15-6-10-16(24-3)11-7-15/h4-11,13H,12H2,1-3H3. The van der Waals surface area contributed by atoms with E-state index in [-0.39, 0.29) is 12.5 Å². The number of ether oxygens (including phenoxy) is 2. The lowest BCUT2D eigenvalue weighted by molar-refractivity contribution is -0.120. The molecule has 6 heteroatoms. The van der Waals surface area contributed by atoms with Crippen molar-refractivity contribution in [1.82, 2.24) is 4.98 Å². The molecule has 0 fully saturated rings. The van der Waals surface area contributed by atoms with E-state index in [1.165, 1.54) is 16.2 Å². The zero-order valence-electron chi connectivity index (χ0n) is 14.9. The fourth-order valence-corrected chi connectivity index (χ4v) is 3.11. The number of aromatic nitrogens is 1. The van der Waals surface area contributed by atoms with Gasteiger partial charge >= 0.3 is 0 Å². The maximum Gasteiger partial charge on any atom is 0.266 e. The topological polar surface area (TPSA) is 51.7 Å². The van der Waals surface area contributed by atoms with Gasteiger partial charge in [-0.25, -0.2) is 4.98 Å². The van der Waals surface area contributed by atoms with Gasteiger partial charge < -0.3 is 9.47 Å². The summed E-state index contributed by atoms with van der Waals surface area (Å²) < 4.78 is 10.7. The third kappa shape index (κ3) is 4.21. The average Bonchev–Trinajstić information content (AvgIpc) is 3.17. The molecule has 0 saturated carbocycles. The number of carbonyl (C=O) groups is 1. The molecule has 1 amide bonds. The number of amides is 1. The van der Waals surface area contributed by atoms with E-state index in [4.69, 9.17) is 9.47 Å². The van der Waals surface area contributed by atoms with Gasteiger partial charge in [0, 0.05) is 18.0 Å². The van der Waals surface area contributed by atoms with Crippen LogP contribution in [0.4, 0.5) is 5.13 Å². The molecule has 0 saturated heterocycles. The first kappa shape index (κ1) is 17.9. The lowest BCUT2D eigenvalue weighted by atomic mass is 10.2. The van der Waals surface area contributed by atoms with Crippen LogP contribution >= 0.6 is 11.3 Å². The molecule has 2 aromatic carbocycles. The molecule has 3 aromatic rings. The lowest BCUT2D eigenvalue weighted by Crippen LogP contribution is -2.31. The molecular weight excluding hydrogens is 348 g/mol. The van der Waals surface area contributed by atoms with Crippen LogP contribution in [0.25, 0.3) is 11.3 Å². The maximum atomic E-state index is 12.4. The van der Waals surface area contributed by atoms with Gasteiger partial charge in [-0.1, -0.05) is 17.7 Å². The van der Waals surface area contributed by atoms with Crippen LogP contribution in [0.1, 0.15) is 5.56 Å². The van der Waals surface area contributed by atoms with E-state index in [0.29, 0.717) is 10.9 Å². The van der Waals surface area contributed by atoms with Gasteiger partial charge in [-0.05, 0) is 43.3 Å². The van der Waals surface area contributed by atoms with Crippen molar-refractivity contribution in [3.05, 3.63) is 59.5 Å². The Morgan fingerprint density at radius 2 is 1.73 bits per heavy atom. The van der Waals surface area contributed by atoms with Crippen molar-refractivity contribution in [2.24, 2.45) is 0 Å². The first-order valence-electron chi connectivity index (χ1n) is 8.13. The molecule has 0 unspecified atom stereocenters. The normalized spacial score (nSPS) is 10.4. The van der Waals surface area contributed by atoms with Gasteiger partial charge in [0.1, 0.15) is 11.5 Å². The number of hydrogen-bond acceptors (Lipinski definition) is 5. The highest BCUT2D eigenvalue weighted by Crippen LogP contribution is 2.28. The van der Waals surface area contributed by atoms with Gasteiger partial charge in [0.05, 0.1) is 12.8 Å². The number of carbonyl (C=O) groups excluding carboxylic acids is 1. The minimum atomic E-state index is -0.152. The van der Waals surface area contributed by atoms with Crippen LogP contribution in [-0.2, 0) is 4.79 Å². The van der Waals surface area contributed by atoms with E-state index >= 15 is 0 Å². The van der Waals surface area contributed by atoms with Crippen LogP contribution in [0.5, 0.6) is 11.5 Å². The lowest BCUT2D eigenvalue weighted by Gasteiger charge is -2.14. The number of anilines is 1. The second-order valence-corrected chi connectivity index (χ2v) is 6.63. The van der Waals surface area contributed by atoms with Crippen LogP contribution in [0.2, 0.25) is 0 Å². The highest BCUT2D eigenvalue weighted by molar-refractivity contribution is 7.14. The van der Waals surface area contributed by atoms with Crippen molar-refractivity contribution < 1.29 is 14.3 Å². The molecule has 1 aromatic heterocycles. The summed E-state index contributed by atoms with van der Waals surface area (Å²) in [5.74, 6) is 1.32. The molecule has 0 atom stereocenters. The first-order chi connectivity index (χ1) is 12.6. The van der Waals surface area contributed by atoms with E-state index in [1.54, 1.807) is 14.2 Å². The number of benzene rings is 2. The zero-order chi connectivity index (χ0) is 18.5. The largest absolute Gasteiger partial charge is 0.497 e. The number of aryl methyl sites for hydroxylation is 1. The summed E-state index contributed by atoms with van der Waals surface area (Å²) in [5, 5.41) is 2.57. The highest BCUT2D eigenvalue weighted by atomic mass is 32.1. The van der Waals surface area contributed by atoms with Gasteiger partial charge in [-0.3, -0.25) is 9.69 Å². The van der Waals surface area contributed by atoms with E-state index in [9.17, 15) is 4.79 Å². The summed E-state index contributed by atoms with van der Waals surface area (Å²) >= 11 is 1.42. The third-order valence-corrected chi connectivity index (χ3v) is 4.84. The quantitative estimate of drug-likeness (QED) is 0.655. The molecule has 26 heavy (non-hydrogen) atoms. The number of nitrogens with zero attached hydrogens (tertiary/aromatic N) is 2. The van der Waals surface area contributed by atoms with Crippen LogP contribution in [-0.4, -0.2) is 31.7 Å². The summed E-state index contributed by atoms with van der Waals surface area (Å²) in [6.45, 7) is 1.97. The van der Waals surface area contributed by atoms with Gasteiger partial charge in [-0.2, -0.15) is 0 Å². The molecule has 0 aliphatic carbocycles. The molecular formula is C20H20N2O3S. The van der Waals surface area contributed by atoms with Crippen LogP contribution in [0.15, 0.2) is 53.9 Å². The molecule has 5 nitrogen and oxygen atoms in total. The fraction of sp³-hybridized carbons (Fsp3) is 0.200. The summed E-state index contributed by atoms with van der Waals surface area (Å²) in [7, 11) is 3.34. The monoisotopic (exact) mass is 368 g/mol. The van der Waals surface area contributed by atoms with E-state index in [1.807, 2.05) is 60.8 Å². The van der Waals surface area contributed by atoms with E-state index in [0.717, 1.165) is 22.6 Å². The number of thiazole rings is 1. The Labute approximate surface area is 156 Å². The zero-order valence-corrected chi connectivity index (χ0v) is 15.7. The van der Waals surface area contributed by atoms with Gasteiger partial charge in [0.15, 0.2) is 11.7 Å². The Balaban J connectivity index is 1.63. The van der Waals surface area contributed by atoms with Crippen molar-refractivity contribution in [3.63, 3.8) is 0 Å². The summed E-state index contributed by atoms with van der Waals surface area (Å²) in [6.07, 6.45) is 0. The number of hydrogen-bond donors (Lipinski definition) is 0. The Kier molecular flexibility index (Phi) is 5.53. The molecule has 1 heterocycles. The predicted molar refractivity (Wildman–Crippen MR) is 104 cm³/mol. The molecule has 0 radical (unpaired) electrons. The molecule has 0 aliphatic rings. The highest BCUT2D eigenvalue weighted by Gasteiger charge is 2.16. The Morgan fingerprint density at radius 3 is 2.38 bits per heavy atom. The number of rotatable bonds is 6. The molecule has 0 bridgehead atoms. The summed E-state index contributed by atoms with van der Waals surface area (Å²) in [6, 6.07) is 15.3. The second-order valence-electron chi connectivity index (χ2n) is 5.80. The van der Waals surface area contributed by atoms with Crippen molar-refractivity contribution in [2.75, 3.05) is 25.7 Å².